The van der Waals surface area contributed by atoms with E-state index in [1.807, 2.05) is 0 Å². The van der Waals surface area contributed by atoms with Crippen molar-refractivity contribution in [3.63, 3.8) is 0 Å². The van der Waals surface area contributed by atoms with E-state index in [2.05, 4.69) is 0 Å². The summed E-state index contributed by atoms with van der Waals surface area (Å²) in [6.45, 7) is 3.20. The molecule has 0 N–H and O–H groups in total. The molecule has 1 aliphatic rings. The summed E-state index contributed by atoms with van der Waals surface area (Å²) < 4.78 is 15.8. The van der Waals surface area contributed by atoms with Gasteiger partial charge in [0.15, 0.2) is 5.78 Å². The summed E-state index contributed by atoms with van der Waals surface area (Å²) in [5, 5.41) is 0. The third-order valence-corrected chi connectivity index (χ3v) is 2.44. The fourth-order valence-corrected chi connectivity index (χ4v) is 1.59. The molecule has 0 atom stereocenters. The molecule has 5 heteroatoms. The van der Waals surface area contributed by atoms with E-state index in [-0.39, 0.29) is 5.78 Å². The third kappa shape index (κ3) is 5.03. The van der Waals surface area contributed by atoms with Crippen molar-refractivity contribution in [3.05, 3.63) is 12.0 Å². The monoisotopic (exact) mass is 214 g/mol. The van der Waals surface area contributed by atoms with E-state index in [9.17, 15) is 4.79 Å². The molecule has 4 nitrogen and oxygen atoms in total. The number of ketones is 1. The lowest BCUT2D eigenvalue weighted by Gasteiger charge is -2.13. The Bertz CT molecular complexity index is 203. The molecule has 1 aliphatic heterocycles. The molecule has 2 radical (unpaired) electrons. The van der Waals surface area contributed by atoms with Gasteiger partial charge in [-0.25, -0.2) is 0 Å². The normalized spacial score (nSPS) is 22.2. The minimum atomic E-state index is -0.0669. The molecular formula is C9H14O4Si. The van der Waals surface area contributed by atoms with Gasteiger partial charge in [-0.2, -0.15) is 0 Å². The average molecular weight is 214 g/mol. The first-order chi connectivity index (χ1) is 6.79. The SMILES string of the molecule is CC(=O)C=C1OCCOCCC[Si]O1. The second-order valence-electron chi connectivity index (χ2n) is 2.88. The highest BCUT2D eigenvalue weighted by molar-refractivity contribution is 6.27. The smallest absolute Gasteiger partial charge is 0.315 e. The molecule has 78 valence electrons. The van der Waals surface area contributed by atoms with E-state index in [1.54, 1.807) is 0 Å². The predicted molar refractivity (Wildman–Crippen MR) is 51.8 cm³/mol. The van der Waals surface area contributed by atoms with Gasteiger partial charge in [0.2, 0.25) is 0 Å². The highest BCUT2D eigenvalue weighted by Crippen LogP contribution is 2.04. The maximum Gasteiger partial charge on any atom is 0.315 e. The van der Waals surface area contributed by atoms with Gasteiger partial charge in [0.05, 0.1) is 12.7 Å². The standard InChI is InChI=1S/C9H14O4Si/c1-8(10)7-9-12-5-4-11-3-2-6-14-13-9/h7H,2-6H2,1H3. The van der Waals surface area contributed by atoms with Crippen LogP contribution in [-0.2, 0) is 18.7 Å². The lowest BCUT2D eigenvalue weighted by atomic mass is 10.4. The number of carbonyl (C=O) groups excluding carboxylic acids is 1. The van der Waals surface area contributed by atoms with Crippen molar-refractivity contribution in [2.45, 2.75) is 19.4 Å². The van der Waals surface area contributed by atoms with Crippen LogP contribution >= 0.6 is 0 Å². The molecule has 1 rings (SSSR count). The Balaban J connectivity index is 2.42. The number of ether oxygens (including phenoxy) is 2. The van der Waals surface area contributed by atoms with E-state index in [0.717, 1.165) is 19.1 Å². The van der Waals surface area contributed by atoms with Crippen LogP contribution in [0.1, 0.15) is 13.3 Å². The van der Waals surface area contributed by atoms with E-state index in [0.29, 0.717) is 28.9 Å². The highest BCUT2D eigenvalue weighted by Gasteiger charge is 2.05. The summed E-state index contributed by atoms with van der Waals surface area (Å²) in [5.41, 5.74) is 0. The second kappa shape index (κ2) is 6.61. The van der Waals surface area contributed by atoms with Crippen molar-refractivity contribution in [3.8, 4) is 0 Å². The summed E-state index contributed by atoms with van der Waals surface area (Å²) >= 11 is 0. The van der Waals surface area contributed by atoms with Crippen molar-refractivity contribution in [2.24, 2.45) is 0 Å². The third-order valence-electron chi connectivity index (χ3n) is 1.53. The Labute approximate surface area is 86.2 Å². The lowest BCUT2D eigenvalue weighted by Crippen LogP contribution is -2.12. The minimum absolute atomic E-state index is 0.0669. The summed E-state index contributed by atoms with van der Waals surface area (Å²) in [5.74, 6) is 0.254. The maximum atomic E-state index is 10.8. The van der Waals surface area contributed by atoms with E-state index < -0.39 is 0 Å². The molecule has 0 bridgehead atoms. The number of carbonyl (C=O) groups is 1. The number of allylic oxidation sites excluding steroid dienone is 1. The van der Waals surface area contributed by atoms with Crippen molar-refractivity contribution in [2.75, 3.05) is 19.8 Å². The summed E-state index contributed by atoms with van der Waals surface area (Å²) in [6, 6.07) is 0.943. The molecule has 0 aromatic carbocycles. The average Bonchev–Trinajstić information content (AvgIpc) is 2.15. The van der Waals surface area contributed by atoms with Gasteiger partial charge in [-0.05, 0) is 19.4 Å². The van der Waals surface area contributed by atoms with E-state index >= 15 is 0 Å². The fraction of sp³-hybridized carbons (Fsp3) is 0.667. The Morgan fingerprint density at radius 1 is 1.43 bits per heavy atom. The zero-order chi connectivity index (χ0) is 10.2. The minimum Gasteiger partial charge on any atom is -0.516 e. The Hall–Kier alpha value is -0.813. The van der Waals surface area contributed by atoms with Crippen LogP contribution in [0, 0.1) is 0 Å². The van der Waals surface area contributed by atoms with Crippen LogP contribution in [0.25, 0.3) is 0 Å². The molecule has 0 saturated carbocycles. The molecule has 0 amide bonds. The Morgan fingerprint density at radius 2 is 2.29 bits per heavy atom. The van der Waals surface area contributed by atoms with Crippen LogP contribution in [0.3, 0.4) is 0 Å². The second-order valence-corrected chi connectivity index (χ2v) is 3.88. The van der Waals surface area contributed by atoms with Gasteiger partial charge < -0.3 is 13.9 Å². The summed E-state index contributed by atoms with van der Waals surface area (Å²) in [6.07, 6.45) is 2.36. The Morgan fingerprint density at radius 3 is 3.07 bits per heavy atom. The van der Waals surface area contributed by atoms with E-state index in [4.69, 9.17) is 13.9 Å². The molecule has 1 heterocycles. The first kappa shape index (κ1) is 11.3. The zero-order valence-electron chi connectivity index (χ0n) is 8.25. The Kier molecular flexibility index (Phi) is 5.32. The largest absolute Gasteiger partial charge is 0.516 e. The van der Waals surface area contributed by atoms with Gasteiger partial charge in [0.1, 0.15) is 6.61 Å². The lowest BCUT2D eigenvalue weighted by molar-refractivity contribution is -0.113. The molecule has 0 aliphatic carbocycles. The molecule has 0 unspecified atom stereocenters. The molecule has 0 spiro atoms. The van der Waals surface area contributed by atoms with Gasteiger partial charge >= 0.3 is 9.76 Å². The van der Waals surface area contributed by atoms with Gasteiger partial charge in [-0.15, -0.1) is 0 Å². The molecular weight excluding hydrogens is 200 g/mol. The zero-order valence-corrected chi connectivity index (χ0v) is 9.25. The first-order valence-corrected chi connectivity index (χ1v) is 5.73. The van der Waals surface area contributed by atoms with Crippen LogP contribution in [0.2, 0.25) is 6.04 Å². The maximum absolute atomic E-state index is 10.8. The van der Waals surface area contributed by atoms with Crippen LogP contribution in [-0.4, -0.2) is 35.4 Å². The fourth-order valence-electron chi connectivity index (χ4n) is 0.938. The van der Waals surface area contributed by atoms with Crippen molar-refractivity contribution < 1.29 is 18.7 Å². The molecule has 1 saturated heterocycles. The first-order valence-electron chi connectivity index (χ1n) is 4.61. The quantitative estimate of drug-likeness (QED) is 0.481. The van der Waals surface area contributed by atoms with Crippen LogP contribution in [0.5, 0.6) is 0 Å². The number of hydrogen-bond donors (Lipinski definition) is 0. The molecule has 0 aromatic rings. The van der Waals surface area contributed by atoms with Gasteiger partial charge in [-0.1, -0.05) is 0 Å². The van der Waals surface area contributed by atoms with Gasteiger partial charge in [-0.3, -0.25) is 4.79 Å². The summed E-state index contributed by atoms with van der Waals surface area (Å²) in [4.78, 5) is 10.8. The molecule has 1 fully saturated rings. The van der Waals surface area contributed by atoms with Crippen molar-refractivity contribution >= 4 is 15.5 Å². The van der Waals surface area contributed by atoms with Crippen LogP contribution in [0.4, 0.5) is 0 Å². The van der Waals surface area contributed by atoms with Gasteiger partial charge in [0, 0.05) is 6.61 Å². The summed E-state index contributed by atoms with van der Waals surface area (Å²) in [7, 11) is 0.337. The highest BCUT2D eigenvalue weighted by atomic mass is 28.2. The number of rotatable bonds is 1. The topological polar surface area (TPSA) is 44.8 Å². The number of hydrogen-bond acceptors (Lipinski definition) is 4. The van der Waals surface area contributed by atoms with Crippen molar-refractivity contribution in [1.82, 2.24) is 0 Å². The molecule has 14 heavy (non-hydrogen) atoms. The van der Waals surface area contributed by atoms with Crippen LogP contribution < -0.4 is 0 Å². The van der Waals surface area contributed by atoms with Crippen LogP contribution in [0.15, 0.2) is 12.0 Å². The predicted octanol–water partition coefficient (Wildman–Crippen LogP) is 0.908. The van der Waals surface area contributed by atoms with E-state index in [1.165, 1.54) is 13.0 Å². The molecule has 0 aromatic heterocycles. The van der Waals surface area contributed by atoms with Gasteiger partial charge in [0.25, 0.3) is 5.95 Å². The van der Waals surface area contributed by atoms with Crippen molar-refractivity contribution in [1.29, 1.82) is 0 Å².